The first-order valence-electron chi connectivity index (χ1n) is 15.8. The van der Waals surface area contributed by atoms with E-state index in [2.05, 4.69) is 47.6 Å². The molecule has 1 N–H and O–H groups in total. The van der Waals surface area contributed by atoms with E-state index in [4.69, 9.17) is 4.74 Å². The molecule has 0 unspecified atom stereocenters. The number of allylic oxidation sites excluding steroid dienone is 2. The second-order valence-corrected chi connectivity index (χ2v) is 15.7. The minimum Gasteiger partial charge on any atom is -0.481 e. The van der Waals surface area contributed by atoms with Gasteiger partial charge < -0.3 is 9.84 Å². The molecular formula is C34H54O4. The lowest BCUT2D eigenvalue weighted by atomic mass is 9.33. The third kappa shape index (κ3) is 3.59. The number of fused-ring (bicyclic) bond motifs is 7. The molecule has 5 rings (SSSR count). The fourth-order valence-corrected chi connectivity index (χ4v) is 11.4. The molecule has 0 radical (unpaired) electrons. The number of hydrogen-bond acceptors (Lipinski definition) is 3. The molecule has 4 heteroatoms. The molecule has 4 nitrogen and oxygen atoms in total. The highest BCUT2D eigenvalue weighted by molar-refractivity contribution is 5.77. The van der Waals surface area contributed by atoms with Crippen molar-refractivity contribution < 1.29 is 19.4 Å². The maximum absolute atomic E-state index is 13.0. The van der Waals surface area contributed by atoms with Gasteiger partial charge in [0.25, 0.3) is 0 Å². The summed E-state index contributed by atoms with van der Waals surface area (Å²) in [5.41, 5.74) is 1.39. The number of carbonyl (C=O) groups is 2. The van der Waals surface area contributed by atoms with Crippen LogP contribution in [0.1, 0.15) is 126 Å². The zero-order valence-electron chi connectivity index (χ0n) is 25.5. The van der Waals surface area contributed by atoms with Crippen molar-refractivity contribution >= 4 is 11.9 Å². The second kappa shape index (κ2) is 9.10. The zero-order valence-corrected chi connectivity index (χ0v) is 25.5. The van der Waals surface area contributed by atoms with Gasteiger partial charge in [0.2, 0.25) is 0 Å². The lowest BCUT2D eigenvalue weighted by molar-refractivity contribution is -0.223. The highest BCUT2D eigenvalue weighted by Crippen LogP contribution is 2.75. The van der Waals surface area contributed by atoms with Gasteiger partial charge in [0.15, 0.2) is 0 Å². The highest BCUT2D eigenvalue weighted by atomic mass is 16.5. The lowest BCUT2D eigenvalue weighted by Gasteiger charge is -2.71. The Kier molecular flexibility index (Phi) is 6.76. The predicted molar refractivity (Wildman–Crippen MR) is 151 cm³/mol. The first-order valence-corrected chi connectivity index (χ1v) is 15.8. The van der Waals surface area contributed by atoms with E-state index in [1.807, 2.05) is 13.8 Å². The molecule has 5 aliphatic carbocycles. The molecule has 0 aromatic heterocycles. The Hall–Kier alpha value is -1.32. The third-order valence-corrected chi connectivity index (χ3v) is 14.2. The molecule has 11 atom stereocenters. The summed E-state index contributed by atoms with van der Waals surface area (Å²) in [5.74, 6) is 1.60. The minimum atomic E-state index is -1.04. The van der Waals surface area contributed by atoms with E-state index >= 15 is 0 Å². The number of rotatable bonds is 4. The van der Waals surface area contributed by atoms with E-state index in [-0.39, 0.29) is 28.1 Å². The summed E-state index contributed by atoms with van der Waals surface area (Å²) in [6.07, 6.45) is 13.1. The van der Waals surface area contributed by atoms with Crippen molar-refractivity contribution in [2.45, 2.75) is 132 Å². The van der Waals surface area contributed by atoms with Crippen molar-refractivity contribution in [2.24, 2.45) is 56.7 Å². The van der Waals surface area contributed by atoms with Crippen LogP contribution in [0.5, 0.6) is 0 Å². The molecule has 4 fully saturated rings. The standard InChI is InChI=1S/C34H54O4/c1-9-10-27(35)38-26-15-17-31(5)24-12-11-23-28-22(3)21(2)13-16-30(28,4)19-20-32(23,6)33(24,7)18-14-25(31)34(26,8)29(36)37/h11,21-22,24-26,28H,9-10,12-20H2,1-8H3,(H,36,37)/t21-,22+,24-,25-,26-,28+,30-,31-,32-,33-,34-/m1/s1. The SMILES string of the molecule is CCCC(=O)O[C@@H]1CC[C@@]2(C)[C@@H](CC[C@]3(C)[C@@H]2CC=C2[C@@H]4[C@@H](C)[C@H](C)CC[C@]4(C)CC[C@]23C)[C@@]1(C)C(=O)O. The number of carboxylic acids is 1. The molecule has 5 aliphatic rings. The number of ether oxygens (including phenoxy) is 1. The van der Waals surface area contributed by atoms with Crippen LogP contribution in [-0.2, 0) is 14.3 Å². The van der Waals surface area contributed by atoms with Crippen molar-refractivity contribution in [1.82, 2.24) is 0 Å². The van der Waals surface area contributed by atoms with E-state index in [1.54, 1.807) is 5.57 Å². The number of carbonyl (C=O) groups excluding carboxylic acids is 1. The third-order valence-electron chi connectivity index (χ3n) is 14.2. The second-order valence-electron chi connectivity index (χ2n) is 15.7. The molecule has 0 aliphatic heterocycles. The Morgan fingerprint density at radius 2 is 1.66 bits per heavy atom. The van der Waals surface area contributed by atoms with Crippen molar-refractivity contribution in [3.8, 4) is 0 Å². The van der Waals surface area contributed by atoms with Crippen LogP contribution >= 0.6 is 0 Å². The summed E-state index contributed by atoms with van der Waals surface area (Å²) >= 11 is 0. The topological polar surface area (TPSA) is 63.6 Å². The van der Waals surface area contributed by atoms with Gasteiger partial charge >= 0.3 is 11.9 Å². The minimum absolute atomic E-state index is 0.0137. The molecule has 0 aromatic carbocycles. The zero-order chi connectivity index (χ0) is 27.9. The van der Waals surface area contributed by atoms with Crippen LogP contribution in [0.25, 0.3) is 0 Å². The summed E-state index contributed by atoms with van der Waals surface area (Å²) < 4.78 is 5.93. The average molecular weight is 527 g/mol. The molecule has 0 amide bonds. The van der Waals surface area contributed by atoms with Crippen LogP contribution < -0.4 is 0 Å². The normalized spacial score (nSPS) is 51.9. The van der Waals surface area contributed by atoms with Gasteiger partial charge in [-0.05, 0) is 122 Å². The first-order chi connectivity index (χ1) is 17.7. The van der Waals surface area contributed by atoms with E-state index in [0.29, 0.717) is 30.1 Å². The largest absolute Gasteiger partial charge is 0.481 e. The van der Waals surface area contributed by atoms with Gasteiger partial charge in [-0.3, -0.25) is 9.59 Å². The molecule has 0 saturated heterocycles. The molecule has 0 bridgehead atoms. The van der Waals surface area contributed by atoms with Crippen LogP contribution in [0, 0.1) is 56.7 Å². The molecule has 38 heavy (non-hydrogen) atoms. The molecular weight excluding hydrogens is 472 g/mol. The Morgan fingerprint density at radius 1 is 0.947 bits per heavy atom. The van der Waals surface area contributed by atoms with Gasteiger partial charge in [-0.15, -0.1) is 0 Å². The smallest absolute Gasteiger partial charge is 0.313 e. The molecule has 0 spiro atoms. The van der Waals surface area contributed by atoms with Gasteiger partial charge in [0.05, 0.1) is 0 Å². The summed E-state index contributed by atoms with van der Waals surface area (Å²) in [6, 6.07) is 0. The van der Waals surface area contributed by atoms with Crippen molar-refractivity contribution in [2.75, 3.05) is 0 Å². The Bertz CT molecular complexity index is 1020. The van der Waals surface area contributed by atoms with Crippen LogP contribution in [0.2, 0.25) is 0 Å². The Morgan fingerprint density at radius 3 is 2.32 bits per heavy atom. The van der Waals surface area contributed by atoms with Gasteiger partial charge in [-0.2, -0.15) is 0 Å². The monoisotopic (exact) mass is 526 g/mol. The number of carboxylic acid groups (broad SMARTS) is 1. The summed E-state index contributed by atoms with van der Waals surface area (Å²) in [6.45, 7) is 19.0. The van der Waals surface area contributed by atoms with Crippen LogP contribution in [0.4, 0.5) is 0 Å². The summed E-state index contributed by atoms with van der Waals surface area (Å²) in [4.78, 5) is 25.5. The van der Waals surface area contributed by atoms with Crippen molar-refractivity contribution in [1.29, 1.82) is 0 Å². The van der Waals surface area contributed by atoms with E-state index in [9.17, 15) is 14.7 Å². The number of aliphatic carboxylic acids is 1. The Labute approximate surface area is 231 Å². The molecule has 0 heterocycles. The number of esters is 1. The van der Waals surface area contributed by atoms with Crippen LogP contribution in [0.3, 0.4) is 0 Å². The van der Waals surface area contributed by atoms with Gasteiger partial charge in [-0.1, -0.05) is 60.1 Å². The maximum atomic E-state index is 13.0. The highest BCUT2D eigenvalue weighted by Gasteiger charge is 2.70. The van der Waals surface area contributed by atoms with Crippen LogP contribution in [0.15, 0.2) is 11.6 Å². The quantitative estimate of drug-likeness (QED) is 0.295. The molecule has 4 saturated carbocycles. The summed E-state index contributed by atoms with van der Waals surface area (Å²) in [7, 11) is 0. The van der Waals surface area contributed by atoms with Gasteiger partial charge in [0, 0.05) is 6.42 Å². The van der Waals surface area contributed by atoms with E-state index in [1.165, 1.54) is 25.7 Å². The lowest BCUT2D eigenvalue weighted by Crippen LogP contribution is -2.66. The Balaban J connectivity index is 1.53. The molecule has 0 aromatic rings. The van der Waals surface area contributed by atoms with E-state index < -0.39 is 17.5 Å². The summed E-state index contributed by atoms with van der Waals surface area (Å²) in [5, 5.41) is 10.7. The van der Waals surface area contributed by atoms with E-state index in [0.717, 1.165) is 43.9 Å². The van der Waals surface area contributed by atoms with Gasteiger partial charge in [0.1, 0.15) is 11.5 Å². The average Bonchev–Trinajstić information content (AvgIpc) is 2.84. The van der Waals surface area contributed by atoms with Crippen molar-refractivity contribution in [3.05, 3.63) is 11.6 Å². The van der Waals surface area contributed by atoms with Crippen molar-refractivity contribution in [3.63, 3.8) is 0 Å². The van der Waals surface area contributed by atoms with Crippen LogP contribution in [-0.4, -0.2) is 23.1 Å². The first kappa shape index (κ1) is 28.2. The fraction of sp³-hybridized carbons (Fsp3) is 0.882. The predicted octanol–water partition coefficient (Wildman–Crippen LogP) is 8.44. The van der Waals surface area contributed by atoms with Gasteiger partial charge in [-0.25, -0.2) is 0 Å². The molecule has 214 valence electrons. The fourth-order valence-electron chi connectivity index (χ4n) is 11.4. The maximum Gasteiger partial charge on any atom is 0.313 e. The number of hydrogen-bond donors (Lipinski definition) is 1.